The summed E-state index contributed by atoms with van der Waals surface area (Å²) < 4.78 is 7.72. The van der Waals surface area contributed by atoms with Crippen molar-refractivity contribution in [3.05, 3.63) is 24.7 Å². The molecule has 1 fully saturated rings. The van der Waals surface area contributed by atoms with Gasteiger partial charge in [0.15, 0.2) is 11.2 Å². The van der Waals surface area contributed by atoms with Gasteiger partial charge in [-0.3, -0.25) is 0 Å². The third kappa shape index (κ3) is 2.74. The van der Waals surface area contributed by atoms with Gasteiger partial charge >= 0.3 is 0 Å². The van der Waals surface area contributed by atoms with Gasteiger partial charge in [-0.2, -0.15) is 4.98 Å². The lowest BCUT2D eigenvalue weighted by Crippen LogP contribution is -2.05. The number of ether oxygens (including phenoxy) is 1. The molecule has 2 aromatic rings. The summed E-state index contributed by atoms with van der Waals surface area (Å²) in [5, 5.41) is 0. The van der Waals surface area contributed by atoms with Crippen LogP contribution < -0.4 is 4.74 Å². The SMILES string of the molecule is [B]/C=C\CC1CC(n2cnc3c(OCC)ncnc32)CC1C. The second-order valence-corrected chi connectivity index (χ2v) is 5.96. The van der Waals surface area contributed by atoms with Crippen LogP contribution >= 0.6 is 0 Å². The van der Waals surface area contributed by atoms with E-state index in [-0.39, 0.29) is 0 Å². The number of imidazole rings is 1. The molecule has 1 aliphatic carbocycles. The standard InChI is InChI=1S/C16H21BN4O/c1-3-22-16-14-15(18-9-19-16)21(10-20-14)13-7-11(2)12(8-13)5-4-6-17/h4,6,9-13H,3,5,7-8H2,1-2H3/b6-4-. The lowest BCUT2D eigenvalue weighted by molar-refractivity contribution is 0.330. The van der Waals surface area contributed by atoms with Crippen molar-refractivity contribution in [2.45, 2.75) is 39.2 Å². The van der Waals surface area contributed by atoms with Crippen molar-refractivity contribution in [3.63, 3.8) is 0 Å². The Bertz CT molecular complexity index is 669. The lowest BCUT2D eigenvalue weighted by Gasteiger charge is -2.13. The van der Waals surface area contributed by atoms with Crippen molar-refractivity contribution in [1.82, 2.24) is 19.5 Å². The summed E-state index contributed by atoms with van der Waals surface area (Å²) in [5.41, 5.74) is 1.62. The van der Waals surface area contributed by atoms with E-state index in [0.717, 1.165) is 30.4 Å². The third-order valence-corrected chi connectivity index (χ3v) is 4.60. The van der Waals surface area contributed by atoms with Gasteiger partial charge in [-0.25, -0.2) is 9.97 Å². The number of nitrogens with zero attached hydrogens (tertiary/aromatic N) is 4. The molecule has 0 aromatic carbocycles. The first-order valence-corrected chi connectivity index (χ1v) is 7.91. The van der Waals surface area contributed by atoms with Crippen molar-refractivity contribution < 1.29 is 4.74 Å². The Morgan fingerprint density at radius 1 is 1.36 bits per heavy atom. The first-order valence-electron chi connectivity index (χ1n) is 7.91. The number of aromatic nitrogens is 4. The maximum absolute atomic E-state index is 5.54. The third-order valence-electron chi connectivity index (χ3n) is 4.60. The Morgan fingerprint density at radius 2 is 2.23 bits per heavy atom. The van der Waals surface area contributed by atoms with Gasteiger partial charge in [-0.1, -0.05) is 13.0 Å². The van der Waals surface area contributed by atoms with Gasteiger partial charge < -0.3 is 9.30 Å². The maximum Gasteiger partial charge on any atom is 0.245 e. The van der Waals surface area contributed by atoms with E-state index in [2.05, 4.69) is 32.5 Å². The normalized spacial score (nSPS) is 25.3. The van der Waals surface area contributed by atoms with Crippen LogP contribution in [0.15, 0.2) is 24.7 Å². The lowest BCUT2D eigenvalue weighted by atomic mass is 9.93. The van der Waals surface area contributed by atoms with Crippen molar-refractivity contribution in [1.29, 1.82) is 0 Å². The number of hydrogen-bond acceptors (Lipinski definition) is 4. The highest BCUT2D eigenvalue weighted by molar-refractivity contribution is 6.16. The quantitative estimate of drug-likeness (QED) is 0.796. The summed E-state index contributed by atoms with van der Waals surface area (Å²) in [6.07, 6.45) is 8.80. The highest BCUT2D eigenvalue weighted by atomic mass is 16.5. The molecule has 1 aliphatic rings. The van der Waals surface area contributed by atoms with Gasteiger partial charge in [0.25, 0.3) is 0 Å². The molecule has 22 heavy (non-hydrogen) atoms. The van der Waals surface area contributed by atoms with E-state index in [9.17, 15) is 0 Å². The number of hydrogen-bond donors (Lipinski definition) is 0. The van der Waals surface area contributed by atoms with Crippen molar-refractivity contribution >= 4 is 19.0 Å². The minimum atomic E-state index is 0.431. The second kappa shape index (κ2) is 6.50. The predicted octanol–water partition coefficient (Wildman–Crippen LogP) is 2.88. The van der Waals surface area contributed by atoms with Crippen LogP contribution in [0.2, 0.25) is 0 Å². The Labute approximate surface area is 132 Å². The van der Waals surface area contributed by atoms with Gasteiger partial charge in [0.2, 0.25) is 5.88 Å². The number of fused-ring (bicyclic) bond motifs is 1. The molecule has 0 spiro atoms. The van der Waals surface area contributed by atoms with E-state index in [0.29, 0.717) is 30.4 Å². The zero-order valence-electron chi connectivity index (χ0n) is 13.1. The molecular weight excluding hydrogens is 275 g/mol. The van der Waals surface area contributed by atoms with Crippen LogP contribution in [0.1, 0.15) is 39.2 Å². The van der Waals surface area contributed by atoms with Gasteiger partial charge in [0.1, 0.15) is 14.2 Å². The van der Waals surface area contributed by atoms with Gasteiger partial charge in [-0.15, -0.1) is 5.98 Å². The first-order chi connectivity index (χ1) is 10.7. The molecule has 1 saturated carbocycles. The molecule has 2 radical (unpaired) electrons. The van der Waals surface area contributed by atoms with Crippen LogP contribution in [-0.2, 0) is 0 Å². The van der Waals surface area contributed by atoms with E-state index >= 15 is 0 Å². The molecule has 6 heteroatoms. The fraction of sp³-hybridized carbons (Fsp3) is 0.562. The molecular formula is C16H21BN4O. The van der Waals surface area contributed by atoms with Gasteiger partial charge in [-0.05, 0) is 38.0 Å². The smallest absolute Gasteiger partial charge is 0.245 e. The largest absolute Gasteiger partial charge is 0.476 e. The van der Waals surface area contributed by atoms with E-state index in [1.165, 1.54) is 0 Å². The maximum atomic E-state index is 5.54. The molecule has 0 bridgehead atoms. The predicted molar refractivity (Wildman–Crippen MR) is 86.9 cm³/mol. The van der Waals surface area contributed by atoms with Crippen LogP contribution in [0.25, 0.3) is 11.2 Å². The van der Waals surface area contributed by atoms with Gasteiger partial charge in [0, 0.05) is 6.04 Å². The Hall–Kier alpha value is -1.85. The fourth-order valence-corrected chi connectivity index (χ4v) is 3.45. The van der Waals surface area contributed by atoms with Crippen LogP contribution in [0.5, 0.6) is 5.88 Å². The topological polar surface area (TPSA) is 52.8 Å². The summed E-state index contributed by atoms with van der Waals surface area (Å²) in [5.74, 6) is 3.55. The molecule has 0 N–H and O–H groups in total. The number of allylic oxidation sites excluding steroid dienone is 1. The molecule has 3 unspecified atom stereocenters. The Kier molecular flexibility index (Phi) is 4.45. The van der Waals surface area contributed by atoms with Crippen LogP contribution in [0, 0.1) is 11.8 Å². The highest BCUT2D eigenvalue weighted by Gasteiger charge is 2.32. The molecule has 114 valence electrons. The highest BCUT2D eigenvalue weighted by Crippen LogP contribution is 2.42. The summed E-state index contributed by atoms with van der Waals surface area (Å²) >= 11 is 0. The Balaban J connectivity index is 1.87. The summed E-state index contributed by atoms with van der Waals surface area (Å²) in [6.45, 7) is 4.83. The summed E-state index contributed by atoms with van der Waals surface area (Å²) in [7, 11) is 5.47. The zero-order valence-corrected chi connectivity index (χ0v) is 13.1. The number of rotatable bonds is 5. The zero-order chi connectivity index (χ0) is 15.5. The molecule has 2 heterocycles. The van der Waals surface area contributed by atoms with Gasteiger partial charge in [0.05, 0.1) is 12.9 Å². The van der Waals surface area contributed by atoms with Crippen molar-refractivity contribution in [3.8, 4) is 5.88 Å². The minimum absolute atomic E-state index is 0.431. The van der Waals surface area contributed by atoms with Crippen LogP contribution in [0.3, 0.4) is 0 Å². The van der Waals surface area contributed by atoms with Crippen molar-refractivity contribution in [2.75, 3.05) is 6.61 Å². The average molecular weight is 296 g/mol. The van der Waals surface area contributed by atoms with Crippen LogP contribution in [-0.4, -0.2) is 34.0 Å². The fourth-order valence-electron chi connectivity index (χ4n) is 3.45. The van der Waals surface area contributed by atoms with E-state index < -0.39 is 0 Å². The summed E-state index contributed by atoms with van der Waals surface area (Å²) in [6, 6.07) is 0.431. The molecule has 0 aliphatic heterocycles. The van der Waals surface area contributed by atoms with E-state index in [4.69, 9.17) is 12.6 Å². The molecule has 3 rings (SSSR count). The first kappa shape index (κ1) is 15.1. The monoisotopic (exact) mass is 296 g/mol. The molecule has 5 nitrogen and oxygen atoms in total. The van der Waals surface area contributed by atoms with E-state index in [1.807, 2.05) is 13.3 Å². The van der Waals surface area contributed by atoms with E-state index in [1.54, 1.807) is 12.3 Å². The summed E-state index contributed by atoms with van der Waals surface area (Å²) in [4.78, 5) is 13.1. The average Bonchev–Trinajstić information content (AvgIpc) is 3.09. The molecule has 0 saturated heterocycles. The van der Waals surface area contributed by atoms with Crippen molar-refractivity contribution in [2.24, 2.45) is 11.8 Å². The molecule has 3 atom stereocenters. The molecule has 0 amide bonds. The van der Waals surface area contributed by atoms with Crippen LogP contribution in [0.4, 0.5) is 0 Å². The second-order valence-electron chi connectivity index (χ2n) is 5.96. The minimum Gasteiger partial charge on any atom is -0.476 e. The Morgan fingerprint density at radius 3 is 3.00 bits per heavy atom. The molecule has 2 aromatic heterocycles.